The highest BCUT2D eigenvalue weighted by Gasteiger charge is 2.23. The van der Waals surface area contributed by atoms with Gasteiger partial charge in [-0.25, -0.2) is 9.97 Å². The van der Waals surface area contributed by atoms with Gasteiger partial charge in [-0.05, 0) is 0 Å². The Morgan fingerprint density at radius 3 is 1.95 bits per heavy atom. The molecule has 7 nitrogen and oxygen atoms in total. The van der Waals surface area contributed by atoms with Gasteiger partial charge in [0.2, 0.25) is 0 Å². The molecule has 0 unspecified atom stereocenters. The maximum atomic E-state index is 9.27. The number of morpholine rings is 2. The van der Waals surface area contributed by atoms with Crippen LogP contribution in [0.5, 0.6) is 0 Å². The number of hydrogen-bond acceptors (Lipinski definition) is 7. The molecule has 0 aliphatic carbocycles. The molecule has 2 fully saturated rings. The summed E-state index contributed by atoms with van der Waals surface area (Å²) in [6.45, 7) is 5.40. The number of hydrogen-bond donors (Lipinski definition) is 0. The summed E-state index contributed by atoms with van der Waals surface area (Å²) in [5, 5.41) is 9.54. The lowest BCUT2D eigenvalue weighted by Crippen LogP contribution is -2.39. The van der Waals surface area contributed by atoms with E-state index in [4.69, 9.17) is 21.1 Å². The SMILES string of the molecule is N#Cc1nc(Cl)c(N2CCOCC2)nc1N1CCOCC1. The van der Waals surface area contributed by atoms with Crippen molar-refractivity contribution in [1.82, 2.24) is 9.97 Å². The number of anilines is 2. The third-order valence-electron chi connectivity index (χ3n) is 3.55. The van der Waals surface area contributed by atoms with Gasteiger partial charge in [0.25, 0.3) is 0 Å². The highest BCUT2D eigenvalue weighted by Crippen LogP contribution is 2.28. The van der Waals surface area contributed by atoms with Gasteiger partial charge in [-0.1, -0.05) is 11.6 Å². The van der Waals surface area contributed by atoms with Crippen LogP contribution in [0.3, 0.4) is 0 Å². The Balaban J connectivity index is 1.95. The molecular weight excluding hydrogens is 294 g/mol. The molecule has 0 radical (unpaired) electrons. The topological polar surface area (TPSA) is 74.5 Å². The molecule has 3 heterocycles. The maximum Gasteiger partial charge on any atom is 0.184 e. The summed E-state index contributed by atoms with van der Waals surface area (Å²) in [7, 11) is 0. The van der Waals surface area contributed by atoms with E-state index in [0.717, 1.165) is 13.1 Å². The van der Waals surface area contributed by atoms with Crippen LogP contribution in [0.15, 0.2) is 0 Å². The van der Waals surface area contributed by atoms with Crippen molar-refractivity contribution in [2.45, 2.75) is 0 Å². The predicted molar refractivity (Wildman–Crippen MR) is 77.8 cm³/mol. The number of halogens is 1. The van der Waals surface area contributed by atoms with Gasteiger partial charge in [0.15, 0.2) is 22.5 Å². The first-order chi connectivity index (χ1) is 10.3. The second-order valence-corrected chi connectivity index (χ2v) is 5.18. The van der Waals surface area contributed by atoms with Gasteiger partial charge in [-0.2, -0.15) is 5.26 Å². The molecule has 3 rings (SSSR count). The van der Waals surface area contributed by atoms with Gasteiger partial charge >= 0.3 is 0 Å². The van der Waals surface area contributed by atoms with Crippen molar-refractivity contribution >= 4 is 23.2 Å². The van der Waals surface area contributed by atoms with Crippen LogP contribution in [0, 0.1) is 11.3 Å². The summed E-state index contributed by atoms with van der Waals surface area (Å²) in [6, 6.07) is 2.08. The van der Waals surface area contributed by atoms with Crippen molar-refractivity contribution in [3.8, 4) is 6.07 Å². The van der Waals surface area contributed by atoms with E-state index in [1.54, 1.807) is 0 Å². The number of nitrogens with zero attached hydrogens (tertiary/aromatic N) is 5. The van der Waals surface area contributed by atoms with Gasteiger partial charge in [-0.3, -0.25) is 0 Å². The highest BCUT2D eigenvalue weighted by atomic mass is 35.5. The van der Waals surface area contributed by atoms with Crippen LogP contribution >= 0.6 is 11.6 Å². The van der Waals surface area contributed by atoms with Crippen LogP contribution in [0.1, 0.15) is 5.69 Å². The minimum absolute atomic E-state index is 0.263. The van der Waals surface area contributed by atoms with Crippen LogP contribution < -0.4 is 9.80 Å². The summed E-state index contributed by atoms with van der Waals surface area (Å²) >= 11 is 6.20. The molecule has 2 aliphatic rings. The molecule has 0 N–H and O–H groups in total. The van der Waals surface area contributed by atoms with E-state index in [1.165, 1.54) is 0 Å². The second kappa shape index (κ2) is 6.43. The summed E-state index contributed by atoms with van der Waals surface area (Å²) < 4.78 is 10.7. The average molecular weight is 310 g/mol. The highest BCUT2D eigenvalue weighted by molar-refractivity contribution is 6.31. The molecule has 112 valence electrons. The molecule has 21 heavy (non-hydrogen) atoms. The molecular formula is C13H16ClN5O2. The molecule has 8 heteroatoms. The van der Waals surface area contributed by atoms with Crippen molar-refractivity contribution in [3.05, 3.63) is 10.8 Å². The quantitative estimate of drug-likeness (QED) is 0.795. The summed E-state index contributed by atoms with van der Waals surface area (Å²) in [6.07, 6.45) is 0. The Morgan fingerprint density at radius 2 is 1.43 bits per heavy atom. The number of aromatic nitrogens is 2. The fourth-order valence-corrected chi connectivity index (χ4v) is 2.69. The number of ether oxygens (including phenoxy) is 2. The molecule has 0 aromatic carbocycles. The molecule has 0 spiro atoms. The lowest BCUT2D eigenvalue weighted by atomic mass is 10.3. The monoisotopic (exact) mass is 309 g/mol. The van der Waals surface area contributed by atoms with E-state index >= 15 is 0 Å². The standard InChI is InChI=1S/C13H16ClN5O2/c14-11-13(19-3-7-21-8-4-19)17-12(10(9-15)16-11)18-1-5-20-6-2-18/h1-8H2. The minimum Gasteiger partial charge on any atom is -0.378 e. The lowest BCUT2D eigenvalue weighted by Gasteiger charge is -2.31. The summed E-state index contributed by atoms with van der Waals surface area (Å²) in [5.41, 5.74) is 0.263. The van der Waals surface area contributed by atoms with Crippen LogP contribution in [0.25, 0.3) is 0 Å². The molecule has 0 saturated carbocycles. The zero-order valence-corrected chi connectivity index (χ0v) is 12.3. The van der Waals surface area contributed by atoms with Crippen molar-refractivity contribution in [2.75, 3.05) is 62.4 Å². The van der Waals surface area contributed by atoms with Crippen LogP contribution in [-0.2, 0) is 9.47 Å². The van der Waals surface area contributed by atoms with Crippen LogP contribution in [0.2, 0.25) is 5.15 Å². The van der Waals surface area contributed by atoms with E-state index in [1.807, 2.05) is 9.80 Å². The maximum absolute atomic E-state index is 9.27. The zero-order valence-electron chi connectivity index (χ0n) is 11.6. The smallest absolute Gasteiger partial charge is 0.184 e. The van der Waals surface area contributed by atoms with Crippen molar-refractivity contribution in [3.63, 3.8) is 0 Å². The first kappa shape index (κ1) is 14.3. The van der Waals surface area contributed by atoms with E-state index in [0.29, 0.717) is 51.2 Å². The van der Waals surface area contributed by atoms with Gasteiger partial charge < -0.3 is 19.3 Å². The minimum atomic E-state index is 0.263. The Bertz CT molecular complexity index is 550. The first-order valence-electron chi connectivity index (χ1n) is 6.92. The first-order valence-corrected chi connectivity index (χ1v) is 7.30. The van der Waals surface area contributed by atoms with Gasteiger partial charge in [0, 0.05) is 26.2 Å². The second-order valence-electron chi connectivity index (χ2n) is 4.82. The van der Waals surface area contributed by atoms with Crippen molar-refractivity contribution < 1.29 is 9.47 Å². The van der Waals surface area contributed by atoms with Gasteiger partial charge in [0.1, 0.15) is 6.07 Å². The van der Waals surface area contributed by atoms with E-state index in [2.05, 4.69) is 16.0 Å². The fourth-order valence-electron chi connectivity index (χ4n) is 2.44. The zero-order chi connectivity index (χ0) is 14.7. The molecule has 0 amide bonds. The molecule has 0 atom stereocenters. The Kier molecular flexibility index (Phi) is 4.39. The predicted octanol–water partition coefficient (Wildman–Crippen LogP) is 0.675. The van der Waals surface area contributed by atoms with Gasteiger partial charge in [-0.15, -0.1) is 0 Å². The van der Waals surface area contributed by atoms with E-state index in [-0.39, 0.29) is 10.8 Å². The molecule has 1 aromatic heterocycles. The Morgan fingerprint density at radius 1 is 0.905 bits per heavy atom. The number of nitriles is 1. The van der Waals surface area contributed by atoms with E-state index in [9.17, 15) is 5.26 Å². The van der Waals surface area contributed by atoms with Crippen molar-refractivity contribution in [2.24, 2.45) is 0 Å². The molecule has 1 aromatic rings. The van der Waals surface area contributed by atoms with Gasteiger partial charge in [0.05, 0.1) is 26.4 Å². The average Bonchev–Trinajstić information content (AvgIpc) is 2.56. The third kappa shape index (κ3) is 3.02. The summed E-state index contributed by atoms with van der Waals surface area (Å²) in [4.78, 5) is 12.9. The molecule has 0 bridgehead atoms. The lowest BCUT2D eigenvalue weighted by molar-refractivity contribution is 0.121. The number of rotatable bonds is 2. The van der Waals surface area contributed by atoms with E-state index < -0.39 is 0 Å². The van der Waals surface area contributed by atoms with Crippen LogP contribution in [-0.4, -0.2) is 62.6 Å². The summed E-state index contributed by atoms with van der Waals surface area (Å²) in [5.74, 6) is 1.21. The molecule has 2 aliphatic heterocycles. The molecule has 2 saturated heterocycles. The Hall–Kier alpha value is -1.62. The fraction of sp³-hybridized carbons (Fsp3) is 0.615. The van der Waals surface area contributed by atoms with Crippen LogP contribution in [0.4, 0.5) is 11.6 Å². The largest absolute Gasteiger partial charge is 0.378 e. The third-order valence-corrected chi connectivity index (χ3v) is 3.80. The normalized spacial score (nSPS) is 19.4. The Labute approximate surface area is 128 Å². The van der Waals surface area contributed by atoms with Crippen molar-refractivity contribution in [1.29, 1.82) is 5.26 Å².